The van der Waals surface area contributed by atoms with E-state index in [2.05, 4.69) is 6.58 Å². The molecule has 1 aliphatic rings. The van der Waals surface area contributed by atoms with E-state index in [1.54, 1.807) is 0 Å². The second-order valence-electron chi connectivity index (χ2n) is 3.34. The molecule has 0 saturated carbocycles. The van der Waals surface area contributed by atoms with Crippen LogP contribution in [0.5, 0.6) is 0 Å². The zero-order valence-corrected chi connectivity index (χ0v) is 8.26. The first-order valence-electron chi connectivity index (χ1n) is 4.81. The van der Waals surface area contributed by atoms with E-state index in [1.807, 2.05) is 30.3 Å². The Labute approximate surface area is 88.3 Å². The Morgan fingerprint density at radius 3 is 2.73 bits per heavy atom. The van der Waals surface area contributed by atoms with Crippen molar-refractivity contribution in [2.24, 2.45) is 0 Å². The summed E-state index contributed by atoms with van der Waals surface area (Å²) in [6, 6.07) is 9.72. The average molecular weight is 204 g/mol. The molecule has 2 atom stereocenters. The van der Waals surface area contributed by atoms with Crippen LogP contribution >= 0.6 is 0 Å². The van der Waals surface area contributed by atoms with Gasteiger partial charge in [-0.2, -0.15) is 0 Å². The summed E-state index contributed by atoms with van der Waals surface area (Å²) >= 11 is 0. The van der Waals surface area contributed by atoms with Gasteiger partial charge in [0.25, 0.3) is 0 Å². The van der Waals surface area contributed by atoms with Crippen LogP contribution in [0.3, 0.4) is 0 Å². The molecule has 78 valence electrons. The molecule has 0 radical (unpaired) electrons. The molecule has 15 heavy (non-hydrogen) atoms. The van der Waals surface area contributed by atoms with Crippen LogP contribution in [0.1, 0.15) is 11.7 Å². The van der Waals surface area contributed by atoms with E-state index in [9.17, 15) is 4.79 Å². The lowest BCUT2D eigenvalue weighted by molar-refractivity contribution is -0.196. The average Bonchev–Trinajstić information content (AvgIpc) is 2.25. The first-order chi connectivity index (χ1) is 7.31. The van der Waals surface area contributed by atoms with Crippen LogP contribution in [0.15, 0.2) is 43.0 Å². The minimum atomic E-state index is -0.399. The summed E-state index contributed by atoms with van der Waals surface area (Å²) in [4.78, 5) is 11.0. The van der Waals surface area contributed by atoms with Crippen LogP contribution in [0.4, 0.5) is 0 Å². The van der Waals surface area contributed by atoms with Gasteiger partial charge in [0.1, 0.15) is 6.10 Å². The number of rotatable bonds is 3. The quantitative estimate of drug-likeness (QED) is 0.557. The molecule has 0 amide bonds. The first-order valence-corrected chi connectivity index (χ1v) is 4.81. The highest BCUT2D eigenvalue weighted by Crippen LogP contribution is 2.31. The lowest BCUT2D eigenvalue weighted by Crippen LogP contribution is -2.41. The van der Waals surface area contributed by atoms with Crippen LogP contribution in [-0.2, 0) is 14.3 Å². The molecule has 1 aromatic rings. The van der Waals surface area contributed by atoms with Crippen molar-refractivity contribution in [3.63, 3.8) is 0 Å². The SMILES string of the molecule is C=CC(=O)OC1COC1c1ccccc1. The molecule has 1 aliphatic heterocycles. The largest absolute Gasteiger partial charge is 0.454 e. The van der Waals surface area contributed by atoms with Crippen molar-refractivity contribution in [3.05, 3.63) is 48.6 Å². The maximum Gasteiger partial charge on any atom is 0.330 e. The monoisotopic (exact) mass is 204 g/mol. The highest BCUT2D eigenvalue weighted by Gasteiger charge is 2.36. The zero-order chi connectivity index (χ0) is 10.7. The van der Waals surface area contributed by atoms with Crippen LogP contribution in [0.2, 0.25) is 0 Å². The number of ether oxygens (including phenoxy) is 2. The molecule has 2 rings (SSSR count). The normalized spacial score (nSPS) is 24.0. The van der Waals surface area contributed by atoms with E-state index in [1.165, 1.54) is 6.08 Å². The fourth-order valence-electron chi connectivity index (χ4n) is 1.52. The van der Waals surface area contributed by atoms with Gasteiger partial charge in [-0.15, -0.1) is 0 Å². The van der Waals surface area contributed by atoms with Crippen LogP contribution in [-0.4, -0.2) is 18.7 Å². The Morgan fingerprint density at radius 2 is 2.20 bits per heavy atom. The topological polar surface area (TPSA) is 35.5 Å². The van der Waals surface area contributed by atoms with Crippen molar-refractivity contribution >= 4 is 5.97 Å². The molecular formula is C12H12O3. The maximum absolute atomic E-state index is 11.0. The lowest BCUT2D eigenvalue weighted by atomic mass is 10.0. The third kappa shape index (κ3) is 2.07. The molecule has 2 unspecified atom stereocenters. The number of benzene rings is 1. The summed E-state index contributed by atoms with van der Waals surface area (Å²) in [7, 11) is 0. The Kier molecular flexibility index (Phi) is 2.83. The summed E-state index contributed by atoms with van der Waals surface area (Å²) in [5.41, 5.74) is 1.03. The van der Waals surface area contributed by atoms with E-state index >= 15 is 0 Å². The van der Waals surface area contributed by atoms with E-state index in [4.69, 9.17) is 9.47 Å². The van der Waals surface area contributed by atoms with Crippen molar-refractivity contribution in [2.75, 3.05) is 6.61 Å². The summed E-state index contributed by atoms with van der Waals surface area (Å²) < 4.78 is 10.5. The molecule has 0 aromatic heterocycles. The smallest absolute Gasteiger partial charge is 0.330 e. The van der Waals surface area contributed by atoms with Crippen LogP contribution in [0, 0.1) is 0 Å². The predicted molar refractivity (Wildman–Crippen MR) is 55.2 cm³/mol. The molecule has 0 bridgehead atoms. The third-order valence-corrected chi connectivity index (χ3v) is 2.34. The molecule has 3 heteroatoms. The molecular weight excluding hydrogens is 192 g/mol. The molecule has 1 fully saturated rings. The maximum atomic E-state index is 11.0. The fourth-order valence-corrected chi connectivity index (χ4v) is 1.52. The Balaban J connectivity index is 2.01. The van der Waals surface area contributed by atoms with E-state index in [-0.39, 0.29) is 12.2 Å². The highest BCUT2D eigenvalue weighted by molar-refractivity contribution is 5.81. The summed E-state index contributed by atoms with van der Waals surface area (Å²) in [5, 5.41) is 0. The minimum absolute atomic E-state index is 0.130. The first kappa shape index (κ1) is 9.93. The van der Waals surface area contributed by atoms with E-state index in [0.717, 1.165) is 5.56 Å². The van der Waals surface area contributed by atoms with Gasteiger partial charge in [0, 0.05) is 6.08 Å². The molecule has 1 aromatic carbocycles. The van der Waals surface area contributed by atoms with Gasteiger partial charge < -0.3 is 9.47 Å². The van der Waals surface area contributed by atoms with Crippen LogP contribution < -0.4 is 0 Å². The second kappa shape index (κ2) is 4.28. The Morgan fingerprint density at radius 1 is 1.47 bits per heavy atom. The van der Waals surface area contributed by atoms with Gasteiger partial charge in [-0.1, -0.05) is 36.9 Å². The van der Waals surface area contributed by atoms with Crippen molar-refractivity contribution in [1.29, 1.82) is 0 Å². The van der Waals surface area contributed by atoms with Gasteiger partial charge in [-0.05, 0) is 5.56 Å². The minimum Gasteiger partial charge on any atom is -0.454 e. The van der Waals surface area contributed by atoms with Crippen molar-refractivity contribution < 1.29 is 14.3 Å². The number of hydrogen-bond acceptors (Lipinski definition) is 3. The van der Waals surface area contributed by atoms with Crippen molar-refractivity contribution in [1.82, 2.24) is 0 Å². The van der Waals surface area contributed by atoms with Gasteiger partial charge in [-0.25, -0.2) is 4.79 Å². The van der Waals surface area contributed by atoms with Gasteiger partial charge in [0.05, 0.1) is 6.61 Å². The number of esters is 1. The molecule has 0 aliphatic carbocycles. The van der Waals surface area contributed by atoms with Gasteiger partial charge in [-0.3, -0.25) is 0 Å². The third-order valence-electron chi connectivity index (χ3n) is 2.34. The fraction of sp³-hybridized carbons (Fsp3) is 0.250. The van der Waals surface area contributed by atoms with E-state index in [0.29, 0.717) is 6.61 Å². The molecule has 1 heterocycles. The molecule has 0 spiro atoms. The summed E-state index contributed by atoms with van der Waals surface area (Å²) in [6.45, 7) is 3.81. The highest BCUT2D eigenvalue weighted by atomic mass is 16.6. The van der Waals surface area contributed by atoms with Gasteiger partial charge in [0.2, 0.25) is 0 Å². The van der Waals surface area contributed by atoms with Gasteiger partial charge >= 0.3 is 5.97 Å². The van der Waals surface area contributed by atoms with Crippen LogP contribution in [0.25, 0.3) is 0 Å². The standard InChI is InChI=1S/C12H12O3/c1-2-11(13)15-10-8-14-12(10)9-6-4-3-5-7-9/h2-7,10,12H,1,8H2. The van der Waals surface area contributed by atoms with E-state index < -0.39 is 5.97 Å². The summed E-state index contributed by atoms with van der Waals surface area (Å²) in [6.07, 6.45) is 0.855. The molecule has 1 saturated heterocycles. The Hall–Kier alpha value is -1.61. The van der Waals surface area contributed by atoms with Crippen molar-refractivity contribution in [2.45, 2.75) is 12.2 Å². The number of hydrogen-bond donors (Lipinski definition) is 0. The number of carbonyl (C=O) groups excluding carboxylic acids is 1. The lowest BCUT2D eigenvalue weighted by Gasteiger charge is -2.35. The summed E-state index contributed by atoms with van der Waals surface area (Å²) in [5.74, 6) is -0.399. The Bertz CT molecular complexity index is 358. The zero-order valence-electron chi connectivity index (χ0n) is 8.26. The van der Waals surface area contributed by atoms with Gasteiger partial charge in [0.15, 0.2) is 6.10 Å². The molecule has 0 N–H and O–H groups in total. The van der Waals surface area contributed by atoms with Crippen molar-refractivity contribution in [3.8, 4) is 0 Å². The number of carbonyl (C=O) groups is 1. The molecule has 3 nitrogen and oxygen atoms in total. The second-order valence-corrected chi connectivity index (χ2v) is 3.34. The predicted octanol–water partition coefficient (Wildman–Crippen LogP) is 1.86.